The van der Waals surface area contributed by atoms with Crippen LogP contribution in [0.15, 0.2) is 0 Å². The first-order valence-electron chi connectivity index (χ1n) is 3.20. The highest BCUT2D eigenvalue weighted by Crippen LogP contribution is 2.33. The van der Waals surface area contributed by atoms with Crippen LogP contribution in [0.4, 0.5) is 0 Å². The number of hydrogen-bond donors (Lipinski definition) is 0. The van der Waals surface area contributed by atoms with Gasteiger partial charge in [0.25, 0.3) is 20.2 Å². The van der Waals surface area contributed by atoms with E-state index in [2.05, 4.69) is 8.37 Å². The van der Waals surface area contributed by atoms with E-state index >= 15 is 0 Å². The Bertz CT molecular complexity index is 391. The summed E-state index contributed by atoms with van der Waals surface area (Å²) in [5.74, 6) is -0.823. The van der Waals surface area contributed by atoms with Crippen LogP contribution < -0.4 is 0 Å². The molecule has 0 aromatic carbocycles. The molecule has 0 aliphatic carbocycles. The molecule has 0 aromatic rings. The van der Waals surface area contributed by atoms with Crippen molar-refractivity contribution in [1.82, 2.24) is 0 Å². The summed E-state index contributed by atoms with van der Waals surface area (Å²) in [6.45, 7) is -0.0910. The maximum Gasteiger partial charge on any atom is 0.296 e. The molecule has 2 atom stereocenters. The number of rotatable bonds is 0. The van der Waals surface area contributed by atoms with Gasteiger partial charge < -0.3 is 0 Å². The van der Waals surface area contributed by atoms with Crippen LogP contribution in [0.3, 0.4) is 0 Å². The molecule has 2 aliphatic rings. The quantitative estimate of drug-likeness (QED) is 0.463. The number of hydrogen-bond acceptors (Lipinski definition) is 6. The zero-order valence-corrected chi connectivity index (χ0v) is 7.47. The maximum atomic E-state index is 10.9. The third-order valence-corrected chi connectivity index (χ3v) is 4.75. The van der Waals surface area contributed by atoms with Crippen LogP contribution >= 0.6 is 0 Å². The van der Waals surface area contributed by atoms with Crippen molar-refractivity contribution in [1.29, 1.82) is 0 Å². The fourth-order valence-electron chi connectivity index (χ4n) is 1.26. The first-order chi connectivity index (χ1) is 5.41. The Balaban J connectivity index is 2.41. The standard InChI is InChI=1S/C4H6O6S2/c5-11(6)2-3-1-9-12(7,8)4(3)10-11/h3-4H,1-2H2. The van der Waals surface area contributed by atoms with Crippen LogP contribution in [-0.2, 0) is 28.6 Å². The van der Waals surface area contributed by atoms with Gasteiger partial charge in [0.05, 0.1) is 12.4 Å². The van der Waals surface area contributed by atoms with Gasteiger partial charge in [0.15, 0.2) is 0 Å². The van der Waals surface area contributed by atoms with Crippen molar-refractivity contribution in [2.24, 2.45) is 5.92 Å². The molecular weight excluding hydrogens is 208 g/mol. The normalized spacial score (nSPS) is 42.7. The molecule has 0 amide bonds. The van der Waals surface area contributed by atoms with E-state index in [0.717, 1.165) is 0 Å². The fourth-order valence-corrected chi connectivity index (χ4v) is 4.59. The first kappa shape index (κ1) is 8.42. The van der Waals surface area contributed by atoms with Crippen molar-refractivity contribution < 1.29 is 25.2 Å². The summed E-state index contributed by atoms with van der Waals surface area (Å²) in [6.07, 6.45) is 0. The van der Waals surface area contributed by atoms with Crippen LogP contribution in [0, 0.1) is 5.92 Å². The van der Waals surface area contributed by atoms with Crippen molar-refractivity contribution >= 4 is 20.2 Å². The van der Waals surface area contributed by atoms with E-state index in [1.807, 2.05) is 0 Å². The molecule has 12 heavy (non-hydrogen) atoms. The molecule has 6 nitrogen and oxygen atoms in total. The van der Waals surface area contributed by atoms with E-state index in [0.29, 0.717) is 0 Å². The molecule has 8 heteroatoms. The molecule has 70 valence electrons. The molecule has 0 spiro atoms. The summed E-state index contributed by atoms with van der Waals surface area (Å²) in [5.41, 5.74) is -1.30. The SMILES string of the molecule is O=S1(=O)CC2COS(=O)(=O)C2O1. The average Bonchev–Trinajstić information content (AvgIpc) is 2.31. The van der Waals surface area contributed by atoms with Gasteiger partial charge in [-0.15, -0.1) is 0 Å². The summed E-state index contributed by atoms with van der Waals surface area (Å²) >= 11 is 0. The van der Waals surface area contributed by atoms with Crippen LogP contribution in [0.25, 0.3) is 0 Å². The van der Waals surface area contributed by atoms with Crippen LogP contribution in [0.2, 0.25) is 0 Å². The van der Waals surface area contributed by atoms with Gasteiger partial charge in [-0.05, 0) is 0 Å². The highest BCUT2D eigenvalue weighted by atomic mass is 32.2. The van der Waals surface area contributed by atoms with Gasteiger partial charge in [-0.25, -0.2) is 4.18 Å². The molecule has 0 radical (unpaired) electrons. The van der Waals surface area contributed by atoms with E-state index in [1.54, 1.807) is 0 Å². The second kappa shape index (κ2) is 2.19. The van der Waals surface area contributed by atoms with Gasteiger partial charge in [0, 0.05) is 5.92 Å². The van der Waals surface area contributed by atoms with E-state index in [-0.39, 0.29) is 12.4 Å². The lowest BCUT2D eigenvalue weighted by atomic mass is 10.2. The molecular formula is C4H6O6S2. The predicted molar refractivity (Wildman–Crippen MR) is 37.0 cm³/mol. The molecule has 0 bridgehead atoms. The van der Waals surface area contributed by atoms with Gasteiger partial charge in [-0.3, -0.25) is 4.18 Å². The summed E-state index contributed by atoms with van der Waals surface area (Å²) < 4.78 is 52.1. The molecule has 0 N–H and O–H groups in total. The average molecular weight is 214 g/mol. The van der Waals surface area contributed by atoms with Gasteiger partial charge in [-0.2, -0.15) is 16.8 Å². The van der Waals surface area contributed by atoms with Crippen LogP contribution in [0.5, 0.6) is 0 Å². The third-order valence-electron chi connectivity index (χ3n) is 1.78. The highest BCUT2D eigenvalue weighted by Gasteiger charge is 2.52. The van der Waals surface area contributed by atoms with Crippen molar-refractivity contribution in [2.75, 3.05) is 12.4 Å². The molecule has 2 saturated heterocycles. The topological polar surface area (TPSA) is 86.7 Å². The van der Waals surface area contributed by atoms with Gasteiger partial charge >= 0.3 is 0 Å². The van der Waals surface area contributed by atoms with Gasteiger partial charge in [-0.1, -0.05) is 0 Å². The summed E-state index contributed by atoms with van der Waals surface area (Å²) in [7, 11) is -7.43. The lowest BCUT2D eigenvalue weighted by molar-refractivity contribution is 0.270. The minimum Gasteiger partial charge on any atom is -0.268 e. The van der Waals surface area contributed by atoms with Gasteiger partial charge in [0.1, 0.15) is 0 Å². The Morgan fingerprint density at radius 2 is 1.83 bits per heavy atom. The molecule has 0 saturated carbocycles. The largest absolute Gasteiger partial charge is 0.296 e. The minimum absolute atomic E-state index is 0.0910. The van der Waals surface area contributed by atoms with Crippen molar-refractivity contribution in [3.05, 3.63) is 0 Å². The van der Waals surface area contributed by atoms with Gasteiger partial charge in [0.2, 0.25) is 5.44 Å². The summed E-state index contributed by atoms with van der Waals surface area (Å²) in [4.78, 5) is 0. The second-order valence-corrected chi connectivity index (χ2v) is 6.05. The monoisotopic (exact) mass is 214 g/mol. The predicted octanol–water partition coefficient (Wildman–Crippen LogP) is -1.35. The highest BCUT2D eigenvalue weighted by molar-refractivity contribution is 7.91. The van der Waals surface area contributed by atoms with E-state index in [4.69, 9.17) is 0 Å². The zero-order chi connectivity index (χ0) is 8.98. The zero-order valence-electron chi connectivity index (χ0n) is 5.83. The van der Waals surface area contributed by atoms with E-state index in [9.17, 15) is 16.8 Å². The molecule has 2 unspecified atom stereocenters. The summed E-state index contributed by atoms with van der Waals surface area (Å²) in [6, 6.07) is 0. The summed E-state index contributed by atoms with van der Waals surface area (Å²) in [5, 5.41) is 0. The Hall–Kier alpha value is -0.180. The van der Waals surface area contributed by atoms with E-state index in [1.165, 1.54) is 0 Å². The lowest BCUT2D eigenvalue weighted by Crippen LogP contribution is -2.19. The van der Waals surface area contributed by atoms with Crippen molar-refractivity contribution in [3.8, 4) is 0 Å². The fraction of sp³-hybridized carbons (Fsp3) is 1.00. The van der Waals surface area contributed by atoms with Crippen LogP contribution in [-0.4, -0.2) is 34.6 Å². The smallest absolute Gasteiger partial charge is 0.268 e. The lowest BCUT2D eigenvalue weighted by Gasteiger charge is -2.00. The third kappa shape index (κ3) is 1.15. The Morgan fingerprint density at radius 3 is 2.42 bits per heavy atom. The van der Waals surface area contributed by atoms with Crippen molar-refractivity contribution in [3.63, 3.8) is 0 Å². The molecule has 0 aromatic heterocycles. The maximum absolute atomic E-state index is 10.9. The Labute approximate surface area is 69.7 Å². The van der Waals surface area contributed by atoms with E-state index < -0.39 is 31.6 Å². The van der Waals surface area contributed by atoms with Crippen LogP contribution in [0.1, 0.15) is 0 Å². The molecule has 2 rings (SSSR count). The Kier molecular flexibility index (Phi) is 1.54. The number of fused-ring (bicyclic) bond motifs is 1. The molecule has 2 heterocycles. The molecule has 2 fully saturated rings. The van der Waals surface area contributed by atoms with Crippen molar-refractivity contribution in [2.45, 2.75) is 5.44 Å². The first-order valence-corrected chi connectivity index (χ1v) is 6.25. The Morgan fingerprint density at radius 1 is 1.17 bits per heavy atom. The molecule has 2 aliphatic heterocycles. The second-order valence-electron chi connectivity index (χ2n) is 2.73. The minimum atomic E-state index is -3.80.